The SMILES string of the molecule is CCCC(C)(O)CNc1cc(C)ncc1OC. The van der Waals surface area contributed by atoms with Crippen molar-refractivity contribution < 1.29 is 9.84 Å². The maximum Gasteiger partial charge on any atom is 0.160 e. The van der Waals surface area contributed by atoms with Crippen LogP contribution in [0.1, 0.15) is 32.4 Å². The lowest BCUT2D eigenvalue weighted by molar-refractivity contribution is 0.0636. The standard InChI is InChI=1S/C13H22N2O2/c1-5-6-13(3,16)9-15-11-7-10(2)14-8-12(11)17-4/h7-8,16H,5-6,9H2,1-4H3,(H,14,15). The molecule has 2 N–H and O–H groups in total. The van der Waals surface area contributed by atoms with Crippen LogP contribution in [-0.2, 0) is 0 Å². The summed E-state index contributed by atoms with van der Waals surface area (Å²) in [6.07, 6.45) is 3.42. The highest BCUT2D eigenvalue weighted by atomic mass is 16.5. The summed E-state index contributed by atoms with van der Waals surface area (Å²) < 4.78 is 5.22. The van der Waals surface area contributed by atoms with Crippen molar-refractivity contribution >= 4 is 5.69 Å². The van der Waals surface area contributed by atoms with E-state index in [9.17, 15) is 5.11 Å². The number of anilines is 1. The van der Waals surface area contributed by atoms with Crippen molar-refractivity contribution in [2.75, 3.05) is 19.0 Å². The Morgan fingerprint density at radius 1 is 1.53 bits per heavy atom. The Hall–Kier alpha value is -1.29. The van der Waals surface area contributed by atoms with Crippen LogP contribution < -0.4 is 10.1 Å². The van der Waals surface area contributed by atoms with E-state index in [1.807, 2.05) is 19.9 Å². The lowest BCUT2D eigenvalue weighted by atomic mass is 10.0. The molecule has 0 saturated carbocycles. The van der Waals surface area contributed by atoms with Gasteiger partial charge in [0.15, 0.2) is 5.75 Å². The van der Waals surface area contributed by atoms with Crippen LogP contribution in [0, 0.1) is 6.92 Å². The summed E-state index contributed by atoms with van der Waals surface area (Å²) in [5.74, 6) is 0.697. The van der Waals surface area contributed by atoms with Crippen LogP contribution in [0.15, 0.2) is 12.3 Å². The maximum absolute atomic E-state index is 10.1. The fourth-order valence-corrected chi connectivity index (χ4v) is 1.76. The van der Waals surface area contributed by atoms with E-state index in [4.69, 9.17) is 4.74 Å². The molecule has 1 atom stereocenters. The topological polar surface area (TPSA) is 54.4 Å². The van der Waals surface area contributed by atoms with E-state index < -0.39 is 5.60 Å². The molecule has 1 heterocycles. The molecule has 4 heteroatoms. The molecule has 0 fully saturated rings. The lowest BCUT2D eigenvalue weighted by Gasteiger charge is -2.24. The summed E-state index contributed by atoms with van der Waals surface area (Å²) in [5.41, 5.74) is 1.09. The van der Waals surface area contributed by atoms with Gasteiger partial charge in [-0.3, -0.25) is 4.98 Å². The van der Waals surface area contributed by atoms with Crippen molar-refractivity contribution in [1.29, 1.82) is 0 Å². The van der Waals surface area contributed by atoms with Crippen molar-refractivity contribution in [3.63, 3.8) is 0 Å². The van der Waals surface area contributed by atoms with E-state index in [0.717, 1.165) is 24.2 Å². The van der Waals surface area contributed by atoms with Crippen LogP contribution in [-0.4, -0.2) is 29.3 Å². The summed E-state index contributed by atoms with van der Waals surface area (Å²) in [6, 6.07) is 1.92. The zero-order chi connectivity index (χ0) is 12.9. The number of hydrogen-bond donors (Lipinski definition) is 2. The van der Waals surface area contributed by atoms with Gasteiger partial charge in [0.2, 0.25) is 0 Å². The van der Waals surface area contributed by atoms with Crippen LogP contribution in [0.4, 0.5) is 5.69 Å². The average molecular weight is 238 g/mol. The monoisotopic (exact) mass is 238 g/mol. The van der Waals surface area contributed by atoms with Gasteiger partial charge in [0.25, 0.3) is 0 Å². The molecule has 0 aliphatic rings. The fourth-order valence-electron chi connectivity index (χ4n) is 1.76. The highest BCUT2D eigenvalue weighted by molar-refractivity contribution is 5.56. The molecule has 0 amide bonds. The molecule has 1 rings (SSSR count). The smallest absolute Gasteiger partial charge is 0.160 e. The van der Waals surface area contributed by atoms with Gasteiger partial charge in [-0.05, 0) is 26.3 Å². The first-order chi connectivity index (χ1) is 7.98. The molecule has 17 heavy (non-hydrogen) atoms. The van der Waals surface area contributed by atoms with E-state index in [1.54, 1.807) is 13.3 Å². The summed E-state index contributed by atoms with van der Waals surface area (Å²) >= 11 is 0. The molecule has 1 unspecified atom stereocenters. The Bertz CT molecular complexity index is 364. The van der Waals surface area contributed by atoms with Gasteiger partial charge in [0, 0.05) is 12.2 Å². The molecule has 1 aromatic heterocycles. The average Bonchev–Trinajstić information content (AvgIpc) is 2.27. The van der Waals surface area contributed by atoms with Crippen LogP contribution in [0.2, 0.25) is 0 Å². The number of aromatic nitrogens is 1. The minimum atomic E-state index is -0.697. The Labute approximate surface area is 103 Å². The van der Waals surface area contributed by atoms with Gasteiger partial charge in [-0.1, -0.05) is 13.3 Å². The van der Waals surface area contributed by atoms with E-state index in [1.165, 1.54) is 0 Å². The zero-order valence-corrected chi connectivity index (χ0v) is 11.1. The number of ether oxygens (including phenoxy) is 1. The third-order valence-electron chi connectivity index (χ3n) is 2.67. The quantitative estimate of drug-likeness (QED) is 0.799. The molecular formula is C13H22N2O2. The van der Waals surface area contributed by atoms with Crippen molar-refractivity contribution in [1.82, 2.24) is 4.98 Å². The fraction of sp³-hybridized carbons (Fsp3) is 0.615. The second-order valence-corrected chi connectivity index (χ2v) is 4.63. The molecule has 0 spiro atoms. The van der Waals surface area contributed by atoms with Crippen molar-refractivity contribution in [2.24, 2.45) is 0 Å². The predicted molar refractivity (Wildman–Crippen MR) is 69.5 cm³/mol. The van der Waals surface area contributed by atoms with Crippen LogP contribution in [0.25, 0.3) is 0 Å². The number of rotatable bonds is 6. The number of hydrogen-bond acceptors (Lipinski definition) is 4. The normalized spacial score (nSPS) is 14.2. The van der Waals surface area contributed by atoms with Crippen LogP contribution >= 0.6 is 0 Å². The third-order valence-corrected chi connectivity index (χ3v) is 2.67. The third kappa shape index (κ3) is 4.23. The van der Waals surface area contributed by atoms with E-state index in [-0.39, 0.29) is 0 Å². The molecule has 0 aliphatic heterocycles. The van der Waals surface area contributed by atoms with Crippen LogP contribution in [0.3, 0.4) is 0 Å². The minimum Gasteiger partial charge on any atom is -0.493 e. The molecule has 0 saturated heterocycles. The zero-order valence-electron chi connectivity index (χ0n) is 11.1. The molecule has 0 bridgehead atoms. The van der Waals surface area contributed by atoms with E-state index in [2.05, 4.69) is 17.2 Å². The van der Waals surface area contributed by atoms with Crippen molar-refractivity contribution in [2.45, 2.75) is 39.2 Å². The number of aryl methyl sites for hydroxylation is 1. The Kier molecular flexibility index (Phi) is 4.75. The summed E-state index contributed by atoms with van der Waals surface area (Å²) in [6.45, 7) is 6.32. The van der Waals surface area contributed by atoms with Crippen molar-refractivity contribution in [3.8, 4) is 5.75 Å². The summed E-state index contributed by atoms with van der Waals surface area (Å²) in [4.78, 5) is 4.16. The molecule has 96 valence electrons. The van der Waals surface area contributed by atoms with Crippen LogP contribution in [0.5, 0.6) is 5.75 Å². The number of pyridine rings is 1. The van der Waals surface area contributed by atoms with Gasteiger partial charge in [-0.25, -0.2) is 0 Å². The number of nitrogens with zero attached hydrogens (tertiary/aromatic N) is 1. The van der Waals surface area contributed by atoms with E-state index >= 15 is 0 Å². The first kappa shape index (κ1) is 13.8. The first-order valence-corrected chi connectivity index (χ1v) is 5.95. The second kappa shape index (κ2) is 5.87. The number of methoxy groups -OCH3 is 1. The molecule has 0 aromatic carbocycles. The molecule has 4 nitrogen and oxygen atoms in total. The largest absolute Gasteiger partial charge is 0.493 e. The Balaban J connectivity index is 2.71. The predicted octanol–water partition coefficient (Wildman–Crippen LogP) is 2.36. The second-order valence-electron chi connectivity index (χ2n) is 4.63. The molecule has 0 radical (unpaired) electrons. The van der Waals surface area contributed by atoms with Gasteiger partial charge >= 0.3 is 0 Å². The lowest BCUT2D eigenvalue weighted by Crippen LogP contribution is -2.33. The van der Waals surface area contributed by atoms with Gasteiger partial charge in [0.05, 0.1) is 24.6 Å². The minimum absolute atomic E-state index is 0.501. The number of nitrogens with one attached hydrogen (secondary N) is 1. The van der Waals surface area contributed by atoms with Gasteiger partial charge < -0.3 is 15.2 Å². The highest BCUT2D eigenvalue weighted by Crippen LogP contribution is 2.24. The summed E-state index contributed by atoms with van der Waals surface area (Å²) in [7, 11) is 1.61. The molecular weight excluding hydrogens is 216 g/mol. The van der Waals surface area contributed by atoms with Crippen molar-refractivity contribution in [3.05, 3.63) is 18.0 Å². The van der Waals surface area contributed by atoms with E-state index in [0.29, 0.717) is 12.3 Å². The van der Waals surface area contributed by atoms with Gasteiger partial charge in [-0.2, -0.15) is 0 Å². The Morgan fingerprint density at radius 3 is 2.82 bits per heavy atom. The Morgan fingerprint density at radius 2 is 2.24 bits per heavy atom. The highest BCUT2D eigenvalue weighted by Gasteiger charge is 2.19. The summed E-state index contributed by atoms with van der Waals surface area (Å²) in [5, 5.41) is 13.3. The maximum atomic E-state index is 10.1. The molecule has 0 aliphatic carbocycles. The molecule has 1 aromatic rings. The van der Waals surface area contributed by atoms with Gasteiger partial charge in [0.1, 0.15) is 0 Å². The first-order valence-electron chi connectivity index (χ1n) is 5.95. The number of aliphatic hydroxyl groups is 1. The van der Waals surface area contributed by atoms with Gasteiger partial charge in [-0.15, -0.1) is 0 Å².